The molecular weight excluding hydrogens is 310 g/mol. The van der Waals surface area contributed by atoms with Crippen LogP contribution in [0.5, 0.6) is 0 Å². The van der Waals surface area contributed by atoms with E-state index in [2.05, 4.69) is 33.1 Å². The van der Waals surface area contributed by atoms with Gasteiger partial charge in [-0.1, -0.05) is 0 Å². The van der Waals surface area contributed by atoms with E-state index in [4.69, 9.17) is 4.98 Å². The Morgan fingerprint density at radius 3 is 2.72 bits per heavy atom. The molecule has 0 amide bonds. The summed E-state index contributed by atoms with van der Waals surface area (Å²) < 4.78 is 0. The second-order valence-electron chi connectivity index (χ2n) is 6.48. The Kier molecular flexibility index (Phi) is 4.02. The smallest absolute Gasteiger partial charge is 0.159 e. The van der Waals surface area contributed by atoms with Crippen molar-refractivity contribution in [3.63, 3.8) is 0 Å². The van der Waals surface area contributed by atoms with E-state index in [0.717, 1.165) is 54.2 Å². The lowest BCUT2D eigenvalue weighted by Crippen LogP contribution is -2.34. The van der Waals surface area contributed by atoms with Crippen molar-refractivity contribution in [3.05, 3.63) is 59.5 Å². The molecule has 1 aliphatic rings. The predicted octanol–water partition coefficient (Wildman–Crippen LogP) is 3.59. The van der Waals surface area contributed by atoms with Gasteiger partial charge in [0.25, 0.3) is 0 Å². The van der Waals surface area contributed by atoms with Crippen LogP contribution in [0.3, 0.4) is 0 Å². The summed E-state index contributed by atoms with van der Waals surface area (Å²) in [7, 11) is 0. The molecular formula is C20H19N5. The van der Waals surface area contributed by atoms with Gasteiger partial charge < -0.3 is 4.90 Å². The number of hydrogen-bond donors (Lipinski definition) is 0. The van der Waals surface area contributed by atoms with Crippen LogP contribution in [0.1, 0.15) is 35.7 Å². The van der Waals surface area contributed by atoms with Crippen LogP contribution in [0.15, 0.2) is 42.6 Å². The minimum Gasteiger partial charge on any atom is -0.355 e. The molecule has 5 nitrogen and oxygen atoms in total. The molecule has 124 valence electrons. The van der Waals surface area contributed by atoms with Crippen molar-refractivity contribution in [3.8, 4) is 6.07 Å². The summed E-state index contributed by atoms with van der Waals surface area (Å²) in [5.74, 6) is 1.24. The summed E-state index contributed by atoms with van der Waals surface area (Å²) in [6, 6.07) is 14.2. The maximum Gasteiger partial charge on any atom is 0.159 e. The zero-order valence-corrected chi connectivity index (χ0v) is 14.2. The number of nitrogens with zero attached hydrogens (tertiary/aromatic N) is 5. The summed E-state index contributed by atoms with van der Waals surface area (Å²) in [6.07, 6.45) is 3.80. The van der Waals surface area contributed by atoms with E-state index in [1.165, 1.54) is 0 Å². The molecule has 3 aromatic heterocycles. The highest BCUT2D eigenvalue weighted by molar-refractivity contribution is 5.74. The quantitative estimate of drug-likeness (QED) is 0.719. The van der Waals surface area contributed by atoms with Crippen LogP contribution in [0, 0.1) is 18.3 Å². The highest BCUT2D eigenvalue weighted by atomic mass is 15.2. The standard InChI is InChI=1S/C20H19N5/c1-14-4-5-17(13-21)20(23-14)25-11-8-15(9-12-25)18-7-6-16-3-2-10-22-19(16)24-18/h2-7,10,15H,8-9,11-12H2,1H3. The second-order valence-corrected chi connectivity index (χ2v) is 6.48. The van der Waals surface area contributed by atoms with Crippen molar-refractivity contribution in [1.82, 2.24) is 15.0 Å². The zero-order valence-electron chi connectivity index (χ0n) is 14.2. The first-order valence-electron chi connectivity index (χ1n) is 8.59. The fourth-order valence-electron chi connectivity index (χ4n) is 3.45. The van der Waals surface area contributed by atoms with Crippen LogP contribution in [0.25, 0.3) is 11.0 Å². The average Bonchev–Trinajstić information content (AvgIpc) is 2.68. The third kappa shape index (κ3) is 3.03. The minimum atomic E-state index is 0.429. The molecule has 25 heavy (non-hydrogen) atoms. The molecule has 4 rings (SSSR count). The Balaban J connectivity index is 1.53. The van der Waals surface area contributed by atoms with Gasteiger partial charge in [0.15, 0.2) is 5.65 Å². The molecule has 1 aliphatic heterocycles. The van der Waals surface area contributed by atoms with Gasteiger partial charge in [0.1, 0.15) is 11.9 Å². The average molecular weight is 329 g/mol. The van der Waals surface area contributed by atoms with Gasteiger partial charge in [-0.25, -0.2) is 15.0 Å². The van der Waals surface area contributed by atoms with Crippen LogP contribution in [-0.4, -0.2) is 28.0 Å². The van der Waals surface area contributed by atoms with Gasteiger partial charge in [0.2, 0.25) is 0 Å². The van der Waals surface area contributed by atoms with Crippen molar-refractivity contribution in [2.24, 2.45) is 0 Å². The summed E-state index contributed by atoms with van der Waals surface area (Å²) in [4.78, 5) is 15.9. The summed E-state index contributed by atoms with van der Waals surface area (Å²) in [5, 5.41) is 10.4. The number of rotatable bonds is 2. The summed E-state index contributed by atoms with van der Waals surface area (Å²) in [5.41, 5.74) is 3.52. The van der Waals surface area contributed by atoms with Gasteiger partial charge >= 0.3 is 0 Å². The van der Waals surface area contributed by atoms with Crippen LogP contribution in [-0.2, 0) is 0 Å². The summed E-state index contributed by atoms with van der Waals surface area (Å²) >= 11 is 0. The Hall–Kier alpha value is -3.00. The first kappa shape index (κ1) is 15.5. The normalized spacial score (nSPS) is 15.3. The van der Waals surface area contributed by atoms with Gasteiger partial charge in [0, 0.05) is 42.0 Å². The Bertz CT molecular complexity index is 952. The first-order valence-corrected chi connectivity index (χ1v) is 8.59. The molecule has 0 atom stereocenters. The Labute approximate surface area is 147 Å². The molecule has 4 heterocycles. The Morgan fingerprint density at radius 2 is 1.92 bits per heavy atom. The van der Waals surface area contributed by atoms with Crippen LogP contribution >= 0.6 is 0 Å². The van der Waals surface area contributed by atoms with E-state index in [1.54, 1.807) is 6.20 Å². The second kappa shape index (κ2) is 6.48. The topological polar surface area (TPSA) is 65.7 Å². The number of aromatic nitrogens is 3. The van der Waals surface area contributed by atoms with Gasteiger partial charge in [-0.15, -0.1) is 0 Å². The highest BCUT2D eigenvalue weighted by Gasteiger charge is 2.24. The van der Waals surface area contributed by atoms with Crippen LogP contribution in [0.2, 0.25) is 0 Å². The highest BCUT2D eigenvalue weighted by Crippen LogP contribution is 2.30. The molecule has 5 heteroatoms. The molecule has 0 spiro atoms. The summed E-state index contributed by atoms with van der Waals surface area (Å²) in [6.45, 7) is 3.73. The van der Waals surface area contributed by atoms with Crippen molar-refractivity contribution < 1.29 is 0 Å². The Morgan fingerprint density at radius 1 is 1.08 bits per heavy atom. The molecule has 0 N–H and O–H groups in total. The molecule has 0 aliphatic carbocycles. The largest absolute Gasteiger partial charge is 0.355 e. The number of nitriles is 1. The van der Waals surface area contributed by atoms with Gasteiger partial charge in [-0.2, -0.15) is 5.26 Å². The number of piperidine rings is 1. The molecule has 3 aromatic rings. The maximum absolute atomic E-state index is 9.34. The molecule has 0 radical (unpaired) electrons. The van der Waals surface area contributed by atoms with Crippen molar-refractivity contribution in [2.75, 3.05) is 18.0 Å². The monoisotopic (exact) mass is 329 g/mol. The van der Waals surface area contributed by atoms with E-state index >= 15 is 0 Å². The fourth-order valence-corrected chi connectivity index (χ4v) is 3.45. The number of fused-ring (bicyclic) bond motifs is 1. The van der Waals surface area contributed by atoms with Crippen molar-refractivity contribution in [1.29, 1.82) is 5.26 Å². The van der Waals surface area contributed by atoms with Gasteiger partial charge in [0.05, 0.1) is 5.56 Å². The minimum absolute atomic E-state index is 0.429. The van der Waals surface area contributed by atoms with E-state index in [0.29, 0.717) is 11.5 Å². The van der Waals surface area contributed by atoms with E-state index in [1.807, 2.05) is 31.2 Å². The molecule has 1 saturated heterocycles. The predicted molar refractivity (Wildman–Crippen MR) is 97.4 cm³/mol. The third-order valence-electron chi connectivity index (χ3n) is 4.83. The van der Waals surface area contributed by atoms with E-state index in [9.17, 15) is 5.26 Å². The number of anilines is 1. The van der Waals surface area contributed by atoms with E-state index in [-0.39, 0.29) is 0 Å². The van der Waals surface area contributed by atoms with Gasteiger partial charge in [-0.05, 0) is 56.2 Å². The molecule has 0 unspecified atom stereocenters. The maximum atomic E-state index is 9.34. The molecule has 1 fully saturated rings. The SMILES string of the molecule is Cc1ccc(C#N)c(N2CCC(c3ccc4cccnc4n3)CC2)n1. The number of hydrogen-bond acceptors (Lipinski definition) is 5. The third-order valence-corrected chi connectivity index (χ3v) is 4.83. The lowest BCUT2D eigenvalue weighted by molar-refractivity contribution is 0.494. The zero-order chi connectivity index (χ0) is 17.2. The van der Waals surface area contributed by atoms with Crippen LogP contribution in [0.4, 0.5) is 5.82 Å². The lowest BCUT2D eigenvalue weighted by Gasteiger charge is -2.33. The molecule has 0 bridgehead atoms. The number of pyridine rings is 3. The first-order chi connectivity index (χ1) is 12.2. The molecule has 0 saturated carbocycles. The van der Waals surface area contributed by atoms with Crippen LogP contribution < -0.4 is 4.90 Å². The fraction of sp³-hybridized carbons (Fsp3) is 0.300. The van der Waals surface area contributed by atoms with Crippen molar-refractivity contribution in [2.45, 2.75) is 25.7 Å². The van der Waals surface area contributed by atoms with E-state index < -0.39 is 0 Å². The van der Waals surface area contributed by atoms with Gasteiger partial charge in [-0.3, -0.25) is 0 Å². The number of aryl methyl sites for hydroxylation is 1. The lowest BCUT2D eigenvalue weighted by atomic mass is 9.92. The molecule has 0 aromatic carbocycles. The van der Waals surface area contributed by atoms with Crippen molar-refractivity contribution >= 4 is 16.9 Å².